The van der Waals surface area contributed by atoms with Crippen LogP contribution in [0.25, 0.3) is 11.0 Å². The first-order chi connectivity index (χ1) is 15.1. The van der Waals surface area contributed by atoms with Gasteiger partial charge >= 0.3 is 0 Å². The van der Waals surface area contributed by atoms with E-state index in [0.29, 0.717) is 44.1 Å². The van der Waals surface area contributed by atoms with Gasteiger partial charge in [-0.05, 0) is 49.4 Å². The number of likely N-dealkylation sites (tertiary alicyclic amines) is 1. The Kier molecular flexibility index (Phi) is 6.61. The number of carbonyl (C=O) groups is 2. The molecule has 2 amide bonds. The van der Waals surface area contributed by atoms with Crippen LogP contribution in [0.2, 0.25) is 0 Å². The van der Waals surface area contributed by atoms with Gasteiger partial charge in [-0.2, -0.15) is 0 Å². The number of carbonyl (C=O) groups excluding carboxylic acids is 2. The van der Waals surface area contributed by atoms with Crippen molar-refractivity contribution >= 4 is 22.8 Å². The third-order valence-electron chi connectivity index (χ3n) is 6.41. The van der Waals surface area contributed by atoms with E-state index in [2.05, 4.69) is 12.2 Å². The molecule has 2 aliphatic heterocycles. The van der Waals surface area contributed by atoms with Gasteiger partial charge in [0.15, 0.2) is 5.76 Å². The van der Waals surface area contributed by atoms with E-state index >= 15 is 0 Å². The maximum absolute atomic E-state index is 13.1. The molecule has 1 atom stereocenters. The van der Waals surface area contributed by atoms with Crippen molar-refractivity contribution in [2.45, 2.75) is 19.3 Å². The second-order valence-corrected chi connectivity index (χ2v) is 8.23. The number of hydrogen-bond acceptors (Lipinski definition) is 5. The summed E-state index contributed by atoms with van der Waals surface area (Å²) in [6.07, 6.45) is 6.61. The van der Waals surface area contributed by atoms with Gasteiger partial charge in [0.1, 0.15) is 11.3 Å². The molecular formula is C24H30N2O5. The van der Waals surface area contributed by atoms with Crippen LogP contribution in [0, 0.1) is 11.8 Å². The lowest BCUT2D eigenvalue weighted by atomic mass is 9.81. The number of fused-ring (bicyclic) bond motifs is 1. The minimum Gasteiger partial charge on any atom is -0.497 e. The summed E-state index contributed by atoms with van der Waals surface area (Å²) < 4.78 is 16.2. The molecule has 3 heterocycles. The number of benzene rings is 1. The Morgan fingerprint density at radius 3 is 2.71 bits per heavy atom. The molecule has 0 aliphatic carbocycles. The SMILES string of the molecule is COCCN1CC=CC[C@H](C2CCN(C(=O)c3cc4cc(OC)ccc4o3)CC2)C1=O. The number of piperidine rings is 1. The Morgan fingerprint density at radius 2 is 1.97 bits per heavy atom. The summed E-state index contributed by atoms with van der Waals surface area (Å²) in [4.78, 5) is 29.8. The van der Waals surface area contributed by atoms with Crippen LogP contribution in [-0.2, 0) is 9.53 Å². The van der Waals surface area contributed by atoms with Gasteiger partial charge in [-0.15, -0.1) is 0 Å². The molecule has 4 rings (SSSR count). The zero-order chi connectivity index (χ0) is 21.8. The summed E-state index contributed by atoms with van der Waals surface area (Å²) >= 11 is 0. The number of amides is 2. The molecule has 0 radical (unpaired) electrons. The van der Waals surface area contributed by atoms with Crippen LogP contribution < -0.4 is 4.74 Å². The number of rotatable bonds is 6. The molecule has 1 aromatic heterocycles. The summed E-state index contributed by atoms with van der Waals surface area (Å²) in [6.45, 7) is 3.07. The van der Waals surface area contributed by atoms with Crippen molar-refractivity contribution < 1.29 is 23.5 Å². The van der Waals surface area contributed by atoms with Gasteiger partial charge in [-0.3, -0.25) is 9.59 Å². The number of nitrogens with zero attached hydrogens (tertiary/aromatic N) is 2. The van der Waals surface area contributed by atoms with E-state index in [4.69, 9.17) is 13.9 Å². The highest BCUT2D eigenvalue weighted by molar-refractivity contribution is 5.96. The van der Waals surface area contributed by atoms with Crippen LogP contribution >= 0.6 is 0 Å². The summed E-state index contributed by atoms with van der Waals surface area (Å²) in [6, 6.07) is 7.28. The number of hydrogen-bond donors (Lipinski definition) is 0. The number of ether oxygens (including phenoxy) is 2. The van der Waals surface area contributed by atoms with Crippen LogP contribution in [0.3, 0.4) is 0 Å². The Bertz CT molecular complexity index is 958. The largest absolute Gasteiger partial charge is 0.497 e. The van der Waals surface area contributed by atoms with Crippen LogP contribution in [0.15, 0.2) is 40.8 Å². The van der Waals surface area contributed by atoms with E-state index < -0.39 is 0 Å². The normalized spacial score (nSPS) is 20.3. The van der Waals surface area contributed by atoms with Gasteiger partial charge in [0.2, 0.25) is 5.91 Å². The zero-order valence-corrected chi connectivity index (χ0v) is 18.2. The van der Waals surface area contributed by atoms with E-state index in [1.54, 1.807) is 20.3 Å². The molecule has 7 nitrogen and oxygen atoms in total. The second-order valence-electron chi connectivity index (χ2n) is 8.23. The molecule has 1 aromatic carbocycles. The molecule has 2 aliphatic rings. The fraction of sp³-hybridized carbons (Fsp3) is 0.500. The minimum absolute atomic E-state index is 0.0217. The second kappa shape index (κ2) is 9.56. The van der Waals surface area contributed by atoms with E-state index in [1.165, 1.54) is 0 Å². The minimum atomic E-state index is -0.0950. The molecule has 2 aromatic rings. The maximum Gasteiger partial charge on any atom is 0.289 e. The van der Waals surface area contributed by atoms with Crippen molar-refractivity contribution in [2.75, 3.05) is 47.0 Å². The van der Waals surface area contributed by atoms with Gasteiger partial charge in [0.25, 0.3) is 5.91 Å². The molecule has 0 saturated carbocycles. The highest BCUT2D eigenvalue weighted by Gasteiger charge is 2.35. The lowest BCUT2D eigenvalue weighted by molar-refractivity contribution is -0.137. The molecule has 1 fully saturated rings. The van der Waals surface area contributed by atoms with Gasteiger partial charge in [0, 0.05) is 44.6 Å². The van der Waals surface area contributed by atoms with Gasteiger partial charge in [-0.25, -0.2) is 0 Å². The molecule has 166 valence electrons. The lowest BCUT2D eigenvalue weighted by Gasteiger charge is -2.36. The van der Waals surface area contributed by atoms with Crippen molar-refractivity contribution in [3.63, 3.8) is 0 Å². The van der Waals surface area contributed by atoms with Crippen LogP contribution in [-0.4, -0.2) is 68.6 Å². The monoisotopic (exact) mass is 426 g/mol. The van der Waals surface area contributed by atoms with E-state index in [-0.39, 0.29) is 23.7 Å². The van der Waals surface area contributed by atoms with Gasteiger partial charge in [0.05, 0.1) is 13.7 Å². The smallest absolute Gasteiger partial charge is 0.289 e. The zero-order valence-electron chi connectivity index (χ0n) is 18.2. The van der Waals surface area contributed by atoms with Crippen molar-refractivity contribution in [1.82, 2.24) is 9.80 Å². The first-order valence-corrected chi connectivity index (χ1v) is 10.9. The first-order valence-electron chi connectivity index (χ1n) is 10.9. The van der Waals surface area contributed by atoms with Crippen LogP contribution in [0.4, 0.5) is 0 Å². The van der Waals surface area contributed by atoms with Gasteiger partial charge in [-0.1, -0.05) is 12.2 Å². The van der Waals surface area contributed by atoms with Crippen molar-refractivity contribution in [2.24, 2.45) is 11.8 Å². The quantitative estimate of drug-likeness (QED) is 0.663. The summed E-state index contributed by atoms with van der Waals surface area (Å²) in [5, 5.41) is 0.851. The molecular weight excluding hydrogens is 396 g/mol. The molecule has 1 saturated heterocycles. The number of furan rings is 1. The molecule has 0 N–H and O–H groups in total. The Hall–Kier alpha value is -2.80. The topological polar surface area (TPSA) is 72.2 Å². The lowest BCUT2D eigenvalue weighted by Crippen LogP contribution is -2.44. The Balaban J connectivity index is 1.39. The predicted octanol–water partition coefficient (Wildman–Crippen LogP) is 3.34. The molecule has 0 unspecified atom stereocenters. The predicted molar refractivity (Wildman–Crippen MR) is 117 cm³/mol. The van der Waals surface area contributed by atoms with Crippen LogP contribution in [0.1, 0.15) is 29.8 Å². The molecule has 0 bridgehead atoms. The third kappa shape index (κ3) is 4.61. The fourth-order valence-electron chi connectivity index (χ4n) is 4.58. The molecule has 0 spiro atoms. The average Bonchev–Trinajstić information content (AvgIpc) is 3.14. The van der Waals surface area contributed by atoms with Crippen molar-refractivity contribution in [3.05, 3.63) is 42.2 Å². The highest BCUT2D eigenvalue weighted by Crippen LogP contribution is 2.32. The van der Waals surface area contributed by atoms with Crippen LogP contribution in [0.5, 0.6) is 5.75 Å². The summed E-state index contributed by atoms with van der Waals surface area (Å²) in [7, 11) is 3.27. The number of allylic oxidation sites excluding steroid dienone is 1. The molecule has 31 heavy (non-hydrogen) atoms. The number of methoxy groups -OCH3 is 2. The summed E-state index contributed by atoms with van der Waals surface area (Å²) in [5.74, 6) is 1.45. The first kappa shape index (κ1) is 21.4. The third-order valence-corrected chi connectivity index (χ3v) is 6.41. The summed E-state index contributed by atoms with van der Waals surface area (Å²) in [5.41, 5.74) is 0.672. The fourth-order valence-corrected chi connectivity index (χ4v) is 4.58. The van der Waals surface area contributed by atoms with Gasteiger partial charge < -0.3 is 23.7 Å². The Labute approximate surface area is 182 Å². The average molecular weight is 427 g/mol. The maximum atomic E-state index is 13.1. The standard InChI is InChI=1S/C24H30N2O5/c1-29-14-13-25-10-4-3-5-20(23(25)27)17-8-11-26(12-9-17)24(28)22-16-18-15-19(30-2)6-7-21(18)31-22/h3-4,6-7,15-17,20H,5,8-14H2,1-2H3/t20-/m1/s1. The molecule has 7 heteroatoms. The van der Waals surface area contributed by atoms with E-state index in [0.717, 1.165) is 30.4 Å². The Morgan fingerprint density at radius 1 is 1.16 bits per heavy atom. The van der Waals surface area contributed by atoms with Crippen molar-refractivity contribution in [3.8, 4) is 5.75 Å². The van der Waals surface area contributed by atoms with Crippen molar-refractivity contribution in [1.29, 1.82) is 0 Å². The van der Waals surface area contributed by atoms with E-state index in [9.17, 15) is 9.59 Å². The van der Waals surface area contributed by atoms with E-state index in [1.807, 2.05) is 28.0 Å². The highest BCUT2D eigenvalue weighted by atomic mass is 16.5.